The zero-order valence-electron chi connectivity index (χ0n) is 17.4. The zero-order chi connectivity index (χ0) is 20.6. The lowest BCUT2D eigenvalue weighted by Gasteiger charge is -2.48. The Bertz CT molecular complexity index is 840. The van der Waals surface area contributed by atoms with Gasteiger partial charge in [-0.15, -0.1) is 0 Å². The third-order valence-electron chi connectivity index (χ3n) is 6.57. The van der Waals surface area contributed by atoms with Gasteiger partial charge in [-0.1, -0.05) is 0 Å². The summed E-state index contributed by atoms with van der Waals surface area (Å²) >= 11 is 0. The molecule has 0 bridgehead atoms. The highest BCUT2D eigenvalue weighted by Gasteiger charge is 2.48. The average molecular weight is 425 g/mol. The summed E-state index contributed by atoms with van der Waals surface area (Å²) in [5.41, 5.74) is 0.165. The molecule has 9 heteroatoms. The molecular formula is C20H32N4O4S. The largest absolute Gasteiger partial charge is 0.375 e. The molecule has 2 saturated heterocycles. The van der Waals surface area contributed by atoms with Crippen molar-refractivity contribution in [2.24, 2.45) is 0 Å². The predicted octanol–water partition coefficient (Wildman–Crippen LogP) is 1.87. The number of aryl methyl sites for hydroxylation is 1. The highest BCUT2D eigenvalue weighted by atomic mass is 32.2. The maximum Gasteiger partial charge on any atom is 0.274 e. The van der Waals surface area contributed by atoms with E-state index >= 15 is 0 Å². The fourth-order valence-electron chi connectivity index (χ4n) is 4.73. The van der Waals surface area contributed by atoms with Crippen LogP contribution in [0.4, 0.5) is 0 Å². The number of amides is 1. The van der Waals surface area contributed by atoms with E-state index in [4.69, 9.17) is 4.74 Å². The lowest BCUT2D eigenvalue weighted by molar-refractivity contribution is -0.123. The monoisotopic (exact) mass is 424 g/mol. The molecule has 1 atom stereocenters. The van der Waals surface area contributed by atoms with Gasteiger partial charge >= 0.3 is 0 Å². The van der Waals surface area contributed by atoms with Crippen LogP contribution in [0.1, 0.15) is 62.9 Å². The molecule has 3 fully saturated rings. The summed E-state index contributed by atoms with van der Waals surface area (Å²) in [5, 5.41) is 4.33. The van der Waals surface area contributed by atoms with Crippen molar-refractivity contribution in [3.05, 3.63) is 18.0 Å². The second-order valence-electron chi connectivity index (χ2n) is 8.49. The molecule has 1 spiro atoms. The van der Waals surface area contributed by atoms with Crippen LogP contribution in [0.25, 0.3) is 0 Å². The SMILES string of the molecule is CCn1ccc(C(=O)N2CCC3(CC2)CC(N(C2CC2)S(=O)(=O)CC)CCO3)n1. The first-order chi connectivity index (χ1) is 13.9. The normalized spacial score (nSPS) is 24.9. The highest BCUT2D eigenvalue weighted by molar-refractivity contribution is 7.89. The van der Waals surface area contributed by atoms with Crippen LogP contribution < -0.4 is 0 Å². The molecule has 1 unspecified atom stereocenters. The summed E-state index contributed by atoms with van der Waals surface area (Å²) in [6.45, 7) is 6.28. The molecule has 1 amide bonds. The van der Waals surface area contributed by atoms with Crippen molar-refractivity contribution in [1.82, 2.24) is 19.0 Å². The van der Waals surface area contributed by atoms with Crippen molar-refractivity contribution in [3.8, 4) is 0 Å². The van der Waals surface area contributed by atoms with E-state index in [2.05, 4.69) is 5.10 Å². The number of likely N-dealkylation sites (tertiary alicyclic amines) is 1. The Morgan fingerprint density at radius 3 is 2.55 bits per heavy atom. The number of carbonyl (C=O) groups excluding carboxylic acids is 1. The maximum atomic E-state index is 12.8. The number of rotatable bonds is 6. The molecule has 29 heavy (non-hydrogen) atoms. The van der Waals surface area contributed by atoms with Gasteiger partial charge in [-0.3, -0.25) is 9.48 Å². The van der Waals surface area contributed by atoms with E-state index in [1.54, 1.807) is 22.0 Å². The van der Waals surface area contributed by atoms with Crippen LogP contribution in [-0.2, 0) is 21.3 Å². The second kappa shape index (κ2) is 8.00. The third kappa shape index (κ3) is 4.22. The first-order valence-electron chi connectivity index (χ1n) is 10.9. The summed E-state index contributed by atoms with van der Waals surface area (Å²) < 4.78 is 35.2. The Kier molecular flexibility index (Phi) is 5.74. The molecule has 1 aromatic heterocycles. The van der Waals surface area contributed by atoms with Gasteiger partial charge in [0.1, 0.15) is 5.69 Å². The Morgan fingerprint density at radius 2 is 1.97 bits per heavy atom. The molecular weight excluding hydrogens is 392 g/mol. The lowest BCUT2D eigenvalue weighted by atomic mass is 9.82. The Labute approximate surface area is 173 Å². The van der Waals surface area contributed by atoms with Gasteiger partial charge in [-0.2, -0.15) is 9.40 Å². The molecule has 0 aromatic carbocycles. The van der Waals surface area contributed by atoms with Crippen LogP contribution in [-0.4, -0.2) is 76.4 Å². The molecule has 1 aromatic rings. The standard InChI is InChI=1S/C20H32N4O4S/c1-3-23-11-7-18(21-23)19(25)22-12-9-20(10-13-22)15-17(8-14-28-20)24(16-5-6-16)29(26,27)4-2/h7,11,16-17H,3-6,8-10,12-15H2,1-2H3. The molecule has 4 rings (SSSR count). The number of carbonyl (C=O) groups is 1. The number of nitrogens with zero attached hydrogens (tertiary/aromatic N) is 4. The quantitative estimate of drug-likeness (QED) is 0.696. The molecule has 8 nitrogen and oxygen atoms in total. The summed E-state index contributed by atoms with van der Waals surface area (Å²) in [5.74, 6) is 0.119. The minimum atomic E-state index is -3.21. The van der Waals surface area contributed by atoms with Crippen LogP contribution in [0.3, 0.4) is 0 Å². The third-order valence-corrected chi connectivity index (χ3v) is 8.53. The van der Waals surface area contributed by atoms with Crippen molar-refractivity contribution in [1.29, 1.82) is 0 Å². The molecule has 2 aliphatic heterocycles. The first-order valence-corrected chi connectivity index (χ1v) is 12.5. The number of hydrogen-bond donors (Lipinski definition) is 0. The van der Waals surface area contributed by atoms with Crippen molar-refractivity contribution in [2.45, 2.75) is 76.6 Å². The van der Waals surface area contributed by atoms with Crippen molar-refractivity contribution < 1.29 is 17.9 Å². The first kappa shape index (κ1) is 20.8. The molecule has 162 valence electrons. The fourth-order valence-corrected chi connectivity index (χ4v) is 6.33. The van der Waals surface area contributed by atoms with Gasteiger partial charge in [0, 0.05) is 44.5 Å². The summed E-state index contributed by atoms with van der Waals surface area (Å²) in [7, 11) is -3.21. The van der Waals surface area contributed by atoms with Crippen molar-refractivity contribution in [3.63, 3.8) is 0 Å². The predicted molar refractivity (Wildman–Crippen MR) is 109 cm³/mol. The van der Waals surface area contributed by atoms with Gasteiger partial charge in [-0.05, 0) is 58.4 Å². The second-order valence-corrected chi connectivity index (χ2v) is 10.7. The average Bonchev–Trinajstić information content (AvgIpc) is 3.42. The summed E-state index contributed by atoms with van der Waals surface area (Å²) in [4.78, 5) is 14.6. The van der Waals surface area contributed by atoms with E-state index in [0.717, 1.165) is 45.1 Å². The number of hydrogen-bond acceptors (Lipinski definition) is 5. The summed E-state index contributed by atoms with van der Waals surface area (Å²) in [6.07, 6.45) is 6.74. The van der Waals surface area contributed by atoms with Gasteiger partial charge < -0.3 is 9.64 Å². The Balaban J connectivity index is 1.41. The van der Waals surface area contributed by atoms with Gasteiger partial charge in [0.25, 0.3) is 5.91 Å². The number of piperidine rings is 1. The molecule has 3 aliphatic rings. The molecule has 1 aliphatic carbocycles. The fraction of sp³-hybridized carbons (Fsp3) is 0.800. The molecule has 0 N–H and O–H groups in total. The van der Waals surface area contributed by atoms with Gasteiger partial charge in [0.05, 0.1) is 11.4 Å². The van der Waals surface area contributed by atoms with E-state index in [0.29, 0.717) is 25.4 Å². The van der Waals surface area contributed by atoms with Gasteiger partial charge in [0.2, 0.25) is 10.0 Å². The Hall–Kier alpha value is -1.45. The van der Waals surface area contributed by atoms with E-state index in [-0.39, 0.29) is 29.3 Å². The number of aromatic nitrogens is 2. The van der Waals surface area contributed by atoms with Gasteiger partial charge in [0.15, 0.2) is 0 Å². The Morgan fingerprint density at radius 1 is 1.24 bits per heavy atom. The van der Waals surface area contributed by atoms with Crippen molar-refractivity contribution >= 4 is 15.9 Å². The smallest absolute Gasteiger partial charge is 0.274 e. The van der Waals surface area contributed by atoms with Crippen LogP contribution in [0.5, 0.6) is 0 Å². The van der Waals surface area contributed by atoms with Crippen LogP contribution in [0, 0.1) is 0 Å². The van der Waals surface area contributed by atoms with Crippen molar-refractivity contribution in [2.75, 3.05) is 25.4 Å². The lowest BCUT2D eigenvalue weighted by Crippen LogP contribution is -2.56. The van der Waals surface area contributed by atoms with E-state index < -0.39 is 10.0 Å². The van der Waals surface area contributed by atoms with Crippen LogP contribution in [0.2, 0.25) is 0 Å². The molecule has 1 saturated carbocycles. The molecule has 0 radical (unpaired) electrons. The maximum absolute atomic E-state index is 12.8. The van der Waals surface area contributed by atoms with E-state index in [1.165, 1.54) is 0 Å². The minimum Gasteiger partial charge on any atom is -0.375 e. The van der Waals surface area contributed by atoms with E-state index in [1.807, 2.05) is 18.0 Å². The molecule has 3 heterocycles. The summed E-state index contributed by atoms with van der Waals surface area (Å²) in [6, 6.07) is 1.96. The number of ether oxygens (including phenoxy) is 1. The number of sulfonamides is 1. The zero-order valence-corrected chi connectivity index (χ0v) is 18.2. The van der Waals surface area contributed by atoms with Crippen LogP contribution in [0.15, 0.2) is 12.3 Å². The topological polar surface area (TPSA) is 84.7 Å². The highest BCUT2D eigenvalue weighted by Crippen LogP contribution is 2.41. The minimum absolute atomic E-state index is 0.0173. The van der Waals surface area contributed by atoms with Crippen LogP contribution >= 0.6 is 0 Å². The van der Waals surface area contributed by atoms with E-state index in [9.17, 15) is 13.2 Å². The van der Waals surface area contributed by atoms with Gasteiger partial charge in [-0.25, -0.2) is 8.42 Å².